The van der Waals surface area contributed by atoms with E-state index in [0.717, 1.165) is 12.6 Å². The van der Waals surface area contributed by atoms with Crippen LogP contribution in [-0.2, 0) is 4.74 Å². The lowest BCUT2D eigenvalue weighted by Crippen LogP contribution is -2.62. The molecule has 1 spiro atoms. The molecule has 0 amide bonds. The average Bonchev–Trinajstić information content (AvgIpc) is 2.08. The molecule has 0 bridgehead atoms. The van der Waals surface area contributed by atoms with Gasteiger partial charge in [-0.3, -0.25) is 4.90 Å². The smallest absolute Gasteiger partial charge is 0.0997 e. The van der Waals surface area contributed by atoms with Gasteiger partial charge in [-0.1, -0.05) is 20.8 Å². The van der Waals surface area contributed by atoms with E-state index in [-0.39, 0.29) is 5.60 Å². The topological polar surface area (TPSA) is 12.5 Å². The Hall–Kier alpha value is -0.0800. The van der Waals surface area contributed by atoms with Crippen LogP contribution in [0.5, 0.6) is 0 Å². The number of rotatable bonds is 2. The van der Waals surface area contributed by atoms with Crippen LogP contribution in [0.3, 0.4) is 0 Å². The predicted octanol–water partition coefficient (Wildman–Crippen LogP) is 3.52. The summed E-state index contributed by atoms with van der Waals surface area (Å²) >= 11 is 0. The summed E-state index contributed by atoms with van der Waals surface area (Å²) in [6, 6.07) is 0. The molecule has 2 aliphatic rings. The van der Waals surface area contributed by atoms with Crippen LogP contribution in [0.25, 0.3) is 0 Å². The number of hydrogen-bond donors (Lipinski definition) is 0. The van der Waals surface area contributed by atoms with Crippen LogP contribution in [0.15, 0.2) is 0 Å². The largest absolute Gasteiger partial charge is 0.360 e. The Morgan fingerprint density at radius 3 is 2.06 bits per heavy atom. The molecule has 2 nitrogen and oxygen atoms in total. The zero-order valence-corrected chi connectivity index (χ0v) is 12.0. The molecule has 0 aromatic rings. The van der Waals surface area contributed by atoms with Gasteiger partial charge in [0.1, 0.15) is 0 Å². The van der Waals surface area contributed by atoms with E-state index in [0.29, 0.717) is 5.41 Å². The summed E-state index contributed by atoms with van der Waals surface area (Å²) in [4.78, 5) is 2.43. The zero-order valence-electron chi connectivity index (χ0n) is 12.0. The first-order valence-electron chi connectivity index (χ1n) is 6.75. The predicted molar refractivity (Wildman–Crippen MR) is 69.5 cm³/mol. The highest BCUT2D eigenvalue weighted by Gasteiger charge is 2.50. The molecule has 0 atom stereocenters. The van der Waals surface area contributed by atoms with E-state index in [2.05, 4.69) is 32.6 Å². The molecule has 1 aliphatic carbocycles. The van der Waals surface area contributed by atoms with E-state index in [4.69, 9.17) is 4.74 Å². The maximum absolute atomic E-state index is 5.75. The summed E-state index contributed by atoms with van der Waals surface area (Å²) in [5.74, 6) is 0.973. The molecule has 1 saturated heterocycles. The molecule has 16 heavy (non-hydrogen) atoms. The van der Waals surface area contributed by atoms with Gasteiger partial charge in [0.15, 0.2) is 0 Å². The lowest BCUT2D eigenvalue weighted by Gasteiger charge is -2.58. The second-order valence-electron chi connectivity index (χ2n) is 6.39. The summed E-state index contributed by atoms with van der Waals surface area (Å²) < 4.78 is 5.75. The van der Waals surface area contributed by atoms with E-state index < -0.39 is 0 Å². The third-order valence-electron chi connectivity index (χ3n) is 3.36. The molecule has 2 fully saturated rings. The summed E-state index contributed by atoms with van der Waals surface area (Å²) in [6.45, 7) is 16.1. The lowest BCUT2D eigenvalue weighted by atomic mass is 9.58. The third kappa shape index (κ3) is 3.46. The second-order valence-corrected chi connectivity index (χ2v) is 6.39. The van der Waals surface area contributed by atoms with Gasteiger partial charge in [-0.05, 0) is 44.9 Å². The number of ether oxygens (including phenoxy) is 1. The monoisotopic (exact) mass is 227 g/mol. The van der Waals surface area contributed by atoms with Gasteiger partial charge in [0.05, 0.1) is 12.3 Å². The standard InChI is InChI=1S/C12H23NO.C2H6/c1-10-5-12(6-10)7-13(8-12)9-14-11(2,3)4;1-2/h10H,5-9H2,1-4H3;1-2H3. The fraction of sp³-hybridized carbons (Fsp3) is 1.00. The van der Waals surface area contributed by atoms with E-state index in [1.807, 2.05) is 13.8 Å². The first-order chi connectivity index (χ1) is 7.39. The molecule has 1 saturated carbocycles. The molecule has 0 aromatic carbocycles. The average molecular weight is 227 g/mol. The van der Waals surface area contributed by atoms with Crippen LogP contribution in [0.4, 0.5) is 0 Å². The highest BCUT2D eigenvalue weighted by atomic mass is 16.5. The van der Waals surface area contributed by atoms with Crippen molar-refractivity contribution in [1.82, 2.24) is 4.90 Å². The van der Waals surface area contributed by atoms with E-state index >= 15 is 0 Å². The Labute approximate surface area is 101 Å². The molecule has 96 valence electrons. The Bertz CT molecular complexity index is 205. The quantitative estimate of drug-likeness (QED) is 0.715. The summed E-state index contributed by atoms with van der Waals surface area (Å²) in [5.41, 5.74) is 0.719. The van der Waals surface area contributed by atoms with Crippen LogP contribution < -0.4 is 0 Å². The van der Waals surface area contributed by atoms with Crippen molar-refractivity contribution < 1.29 is 4.74 Å². The lowest BCUT2D eigenvalue weighted by molar-refractivity contribution is -0.158. The minimum absolute atomic E-state index is 0.00958. The Balaban J connectivity index is 0.000000606. The highest BCUT2D eigenvalue weighted by molar-refractivity contribution is 5.02. The first-order valence-corrected chi connectivity index (χ1v) is 6.75. The van der Waals surface area contributed by atoms with Gasteiger partial charge in [-0.2, -0.15) is 0 Å². The SMILES string of the molecule is CC.CC1CC2(C1)CN(COC(C)(C)C)C2. The maximum Gasteiger partial charge on any atom is 0.0997 e. The summed E-state index contributed by atoms with van der Waals surface area (Å²) in [5, 5.41) is 0. The second kappa shape index (κ2) is 5.05. The van der Waals surface area contributed by atoms with E-state index in [1.54, 1.807) is 0 Å². The third-order valence-corrected chi connectivity index (χ3v) is 3.36. The molecule has 1 heterocycles. The molecule has 2 heteroatoms. The normalized spacial score (nSPS) is 24.4. The molecule has 0 radical (unpaired) electrons. The minimum atomic E-state index is 0.00958. The maximum atomic E-state index is 5.75. The van der Waals surface area contributed by atoms with Gasteiger partial charge in [-0.25, -0.2) is 0 Å². The van der Waals surface area contributed by atoms with Crippen molar-refractivity contribution in [2.45, 2.75) is 60.0 Å². The van der Waals surface area contributed by atoms with Gasteiger partial charge in [-0.15, -0.1) is 0 Å². The van der Waals surface area contributed by atoms with Crippen LogP contribution in [0, 0.1) is 11.3 Å². The summed E-state index contributed by atoms with van der Waals surface area (Å²) in [6.07, 6.45) is 2.89. The van der Waals surface area contributed by atoms with Crippen molar-refractivity contribution in [1.29, 1.82) is 0 Å². The van der Waals surface area contributed by atoms with Gasteiger partial charge < -0.3 is 4.74 Å². The molecule has 1 aliphatic heterocycles. The van der Waals surface area contributed by atoms with Gasteiger partial charge in [0, 0.05) is 13.1 Å². The molecular weight excluding hydrogens is 198 g/mol. The van der Waals surface area contributed by atoms with E-state index in [1.165, 1.54) is 25.9 Å². The molecule has 0 N–H and O–H groups in total. The van der Waals surface area contributed by atoms with Crippen LogP contribution in [0.1, 0.15) is 54.4 Å². The highest BCUT2D eigenvalue weighted by Crippen LogP contribution is 2.51. The molecule has 0 aromatic heterocycles. The molecular formula is C14H29NO. The zero-order chi connectivity index (χ0) is 12.4. The van der Waals surface area contributed by atoms with Gasteiger partial charge in [0.2, 0.25) is 0 Å². The Kier molecular flexibility index (Phi) is 4.42. The van der Waals surface area contributed by atoms with E-state index in [9.17, 15) is 0 Å². The van der Waals surface area contributed by atoms with Crippen molar-refractivity contribution in [3.63, 3.8) is 0 Å². The summed E-state index contributed by atoms with van der Waals surface area (Å²) in [7, 11) is 0. The van der Waals surface area contributed by atoms with Crippen molar-refractivity contribution >= 4 is 0 Å². The fourth-order valence-electron chi connectivity index (χ4n) is 2.96. The fourth-order valence-corrected chi connectivity index (χ4v) is 2.96. The van der Waals surface area contributed by atoms with Crippen LogP contribution in [0.2, 0.25) is 0 Å². The minimum Gasteiger partial charge on any atom is -0.360 e. The Morgan fingerprint density at radius 1 is 1.19 bits per heavy atom. The number of likely N-dealkylation sites (tertiary alicyclic amines) is 1. The Morgan fingerprint density at radius 2 is 1.69 bits per heavy atom. The number of nitrogens with zero attached hydrogens (tertiary/aromatic N) is 1. The first kappa shape index (κ1) is 14.0. The van der Waals surface area contributed by atoms with Crippen LogP contribution >= 0.6 is 0 Å². The van der Waals surface area contributed by atoms with Crippen molar-refractivity contribution in [3.8, 4) is 0 Å². The van der Waals surface area contributed by atoms with Gasteiger partial charge >= 0.3 is 0 Å². The van der Waals surface area contributed by atoms with Gasteiger partial charge in [0.25, 0.3) is 0 Å². The van der Waals surface area contributed by atoms with Crippen molar-refractivity contribution in [2.75, 3.05) is 19.8 Å². The van der Waals surface area contributed by atoms with Crippen LogP contribution in [-0.4, -0.2) is 30.3 Å². The number of hydrogen-bond acceptors (Lipinski definition) is 2. The molecule has 2 rings (SSSR count). The van der Waals surface area contributed by atoms with Crippen molar-refractivity contribution in [2.24, 2.45) is 11.3 Å². The molecule has 0 unspecified atom stereocenters. The van der Waals surface area contributed by atoms with Crippen molar-refractivity contribution in [3.05, 3.63) is 0 Å².